The molecule has 0 aliphatic heterocycles. The Hall–Kier alpha value is -1.36. The van der Waals surface area contributed by atoms with Crippen LogP contribution in [0.5, 0.6) is 0 Å². The number of nitrogens with two attached hydrogens (primary N) is 1. The second-order valence-electron chi connectivity index (χ2n) is 5.41. The van der Waals surface area contributed by atoms with E-state index in [2.05, 4.69) is 34.4 Å². The molecule has 102 valence electrons. The molecule has 5 heteroatoms. The fraction of sp³-hybridized carbons (Fsp3) is 0.692. The first-order valence-corrected chi connectivity index (χ1v) is 6.52. The van der Waals surface area contributed by atoms with Crippen LogP contribution in [0.25, 0.3) is 0 Å². The van der Waals surface area contributed by atoms with E-state index in [0.29, 0.717) is 6.04 Å². The van der Waals surface area contributed by atoms with E-state index in [0.717, 1.165) is 31.0 Å². The van der Waals surface area contributed by atoms with Crippen LogP contribution in [0.3, 0.4) is 0 Å². The molecule has 0 fully saturated rings. The Kier molecular flexibility index (Phi) is 5.34. The number of hydrogen-bond donors (Lipinski definition) is 3. The summed E-state index contributed by atoms with van der Waals surface area (Å²) >= 11 is 0. The Bertz CT molecular complexity index is 359. The summed E-state index contributed by atoms with van der Waals surface area (Å²) in [6.45, 7) is 9.12. The van der Waals surface area contributed by atoms with Gasteiger partial charge in [0.05, 0.1) is 0 Å². The predicted molar refractivity (Wildman–Crippen MR) is 76.8 cm³/mol. The van der Waals surface area contributed by atoms with Gasteiger partial charge in [0, 0.05) is 24.2 Å². The molecule has 0 aliphatic carbocycles. The Labute approximate surface area is 110 Å². The smallest absolute Gasteiger partial charge is 0.131 e. The minimum absolute atomic E-state index is 0.155. The van der Waals surface area contributed by atoms with Crippen molar-refractivity contribution in [1.29, 1.82) is 0 Å². The van der Waals surface area contributed by atoms with Gasteiger partial charge in [-0.3, -0.25) is 0 Å². The maximum Gasteiger partial charge on any atom is 0.131 e. The third-order valence-corrected chi connectivity index (χ3v) is 2.75. The number of hydrogen-bond acceptors (Lipinski definition) is 5. The van der Waals surface area contributed by atoms with Crippen molar-refractivity contribution >= 4 is 11.6 Å². The van der Waals surface area contributed by atoms with Gasteiger partial charge in [-0.15, -0.1) is 0 Å². The summed E-state index contributed by atoms with van der Waals surface area (Å²) in [5.74, 6) is 1.69. The lowest BCUT2D eigenvalue weighted by Crippen LogP contribution is -2.34. The van der Waals surface area contributed by atoms with E-state index in [-0.39, 0.29) is 5.54 Å². The van der Waals surface area contributed by atoms with E-state index in [1.54, 1.807) is 6.33 Å². The molecule has 1 atom stereocenters. The highest BCUT2D eigenvalue weighted by atomic mass is 15.1. The van der Waals surface area contributed by atoms with Gasteiger partial charge in [0.15, 0.2) is 0 Å². The van der Waals surface area contributed by atoms with E-state index in [1.807, 2.05) is 19.9 Å². The molecule has 0 amide bonds. The second-order valence-corrected chi connectivity index (χ2v) is 5.41. The van der Waals surface area contributed by atoms with Crippen LogP contribution in [-0.4, -0.2) is 28.1 Å². The first-order chi connectivity index (χ1) is 8.40. The topological polar surface area (TPSA) is 75.9 Å². The molecule has 1 heterocycles. The second kappa shape index (κ2) is 6.54. The molecular weight excluding hydrogens is 226 g/mol. The fourth-order valence-electron chi connectivity index (χ4n) is 1.40. The van der Waals surface area contributed by atoms with Crippen LogP contribution < -0.4 is 16.4 Å². The van der Waals surface area contributed by atoms with Gasteiger partial charge in [0.25, 0.3) is 0 Å². The SMILES string of the molecule is CCC(C)Nc1cc(NCCC(C)(C)N)ncn1. The van der Waals surface area contributed by atoms with Crippen molar-refractivity contribution < 1.29 is 0 Å². The monoisotopic (exact) mass is 251 g/mol. The van der Waals surface area contributed by atoms with E-state index in [9.17, 15) is 0 Å². The molecule has 0 aromatic carbocycles. The van der Waals surface area contributed by atoms with E-state index in [1.165, 1.54) is 0 Å². The van der Waals surface area contributed by atoms with Gasteiger partial charge in [0.2, 0.25) is 0 Å². The maximum atomic E-state index is 5.93. The van der Waals surface area contributed by atoms with Crippen molar-refractivity contribution in [2.24, 2.45) is 5.73 Å². The summed E-state index contributed by atoms with van der Waals surface area (Å²) in [5, 5.41) is 6.58. The van der Waals surface area contributed by atoms with Gasteiger partial charge in [-0.1, -0.05) is 6.92 Å². The Morgan fingerprint density at radius 3 is 2.61 bits per heavy atom. The van der Waals surface area contributed by atoms with E-state index < -0.39 is 0 Å². The first kappa shape index (κ1) is 14.7. The maximum absolute atomic E-state index is 5.93. The van der Waals surface area contributed by atoms with E-state index >= 15 is 0 Å². The van der Waals surface area contributed by atoms with Crippen LogP contribution >= 0.6 is 0 Å². The van der Waals surface area contributed by atoms with Crippen LogP contribution in [0.1, 0.15) is 40.5 Å². The molecule has 1 rings (SSSR count). The van der Waals surface area contributed by atoms with Crippen molar-refractivity contribution in [2.75, 3.05) is 17.2 Å². The third kappa shape index (κ3) is 5.82. The lowest BCUT2D eigenvalue weighted by atomic mass is 10.0. The quantitative estimate of drug-likeness (QED) is 0.693. The number of nitrogens with one attached hydrogen (secondary N) is 2. The van der Waals surface area contributed by atoms with Gasteiger partial charge in [-0.2, -0.15) is 0 Å². The van der Waals surface area contributed by atoms with Crippen molar-refractivity contribution in [1.82, 2.24) is 9.97 Å². The minimum atomic E-state index is -0.155. The zero-order valence-corrected chi connectivity index (χ0v) is 11.8. The van der Waals surface area contributed by atoms with Gasteiger partial charge >= 0.3 is 0 Å². The molecule has 0 bridgehead atoms. The molecule has 0 saturated heterocycles. The Balaban J connectivity index is 2.49. The van der Waals surface area contributed by atoms with Crippen molar-refractivity contribution in [3.05, 3.63) is 12.4 Å². The van der Waals surface area contributed by atoms with Crippen LogP contribution in [0.15, 0.2) is 12.4 Å². The lowest BCUT2D eigenvalue weighted by Gasteiger charge is -2.18. The average Bonchev–Trinajstić information content (AvgIpc) is 2.27. The summed E-state index contributed by atoms with van der Waals surface area (Å²) in [5.41, 5.74) is 5.77. The summed E-state index contributed by atoms with van der Waals surface area (Å²) in [7, 11) is 0. The van der Waals surface area contributed by atoms with E-state index in [4.69, 9.17) is 5.73 Å². The molecular formula is C13H25N5. The van der Waals surface area contributed by atoms with Crippen LogP contribution in [0.4, 0.5) is 11.6 Å². The van der Waals surface area contributed by atoms with Gasteiger partial charge in [0.1, 0.15) is 18.0 Å². The van der Waals surface area contributed by atoms with Crippen molar-refractivity contribution in [2.45, 2.75) is 52.1 Å². The molecule has 1 unspecified atom stereocenters. The highest BCUT2D eigenvalue weighted by molar-refractivity contribution is 5.46. The number of nitrogens with zero attached hydrogens (tertiary/aromatic N) is 2. The molecule has 0 radical (unpaired) electrons. The summed E-state index contributed by atoms with van der Waals surface area (Å²) in [6.07, 6.45) is 3.53. The molecule has 0 aliphatic rings. The molecule has 4 N–H and O–H groups in total. The predicted octanol–water partition coefficient (Wildman–Crippen LogP) is 2.23. The fourth-order valence-corrected chi connectivity index (χ4v) is 1.40. The standard InChI is InChI=1S/C13H25N5/c1-5-10(2)18-12-8-11(16-9-17-12)15-7-6-13(3,4)14/h8-10H,5-7,14H2,1-4H3,(H2,15,16,17,18). The molecule has 0 saturated carbocycles. The number of rotatable bonds is 7. The zero-order valence-electron chi connectivity index (χ0n) is 11.8. The zero-order chi connectivity index (χ0) is 13.6. The summed E-state index contributed by atoms with van der Waals surface area (Å²) in [4.78, 5) is 8.39. The van der Waals surface area contributed by atoms with Gasteiger partial charge in [-0.25, -0.2) is 9.97 Å². The molecule has 1 aromatic heterocycles. The summed E-state index contributed by atoms with van der Waals surface area (Å²) < 4.78 is 0. The van der Waals surface area contributed by atoms with Gasteiger partial charge < -0.3 is 16.4 Å². The average molecular weight is 251 g/mol. The highest BCUT2D eigenvalue weighted by Crippen LogP contribution is 2.11. The molecule has 1 aromatic rings. The van der Waals surface area contributed by atoms with Crippen molar-refractivity contribution in [3.63, 3.8) is 0 Å². The molecule has 18 heavy (non-hydrogen) atoms. The van der Waals surface area contributed by atoms with Crippen LogP contribution in [0.2, 0.25) is 0 Å². The third-order valence-electron chi connectivity index (χ3n) is 2.75. The van der Waals surface area contributed by atoms with Crippen molar-refractivity contribution in [3.8, 4) is 0 Å². The highest BCUT2D eigenvalue weighted by Gasteiger charge is 2.09. The Morgan fingerprint density at radius 2 is 2.00 bits per heavy atom. The van der Waals surface area contributed by atoms with Crippen LogP contribution in [0, 0.1) is 0 Å². The lowest BCUT2D eigenvalue weighted by molar-refractivity contribution is 0.490. The normalized spacial score (nSPS) is 13.2. The summed E-state index contributed by atoms with van der Waals surface area (Å²) in [6, 6.07) is 2.34. The van der Waals surface area contributed by atoms with Gasteiger partial charge in [-0.05, 0) is 33.6 Å². The Morgan fingerprint density at radius 1 is 1.33 bits per heavy atom. The number of aromatic nitrogens is 2. The molecule has 5 nitrogen and oxygen atoms in total. The largest absolute Gasteiger partial charge is 0.370 e. The van der Waals surface area contributed by atoms with Crippen LogP contribution in [-0.2, 0) is 0 Å². The minimum Gasteiger partial charge on any atom is -0.370 e. The first-order valence-electron chi connectivity index (χ1n) is 6.52. The number of anilines is 2. The molecule has 0 spiro atoms.